The van der Waals surface area contributed by atoms with Gasteiger partial charge in [0.15, 0.2) is 0 Å². The Labute approximate surface area is 205 Å². The lowest BCUT2D eigenvalue weighted by Crippen LogP contribution is -2.09. The van der Waals surface area contributed by atoms with E-state index in [0.29, 0.717) is 23.6 Å². The Balaban J connectivity index is 1.79. The first kappa shape index (κ1) is 24.3. The third-order valence-corrected chi connectivity index (χ3v) is 6.22. The molecule has 0 aliphatic rings. The van der Waals surface area contributed by atoms with E-state index in [-0.39, 0.29) is 11.7 Å². The number of amides is 1. The smallest absolute Gasteiger partial charge is 0.248 e. The number of rotatable bonds is 6. The summed E-state index contributed by atoms with van der Waals surface area (Å²) in [5.41, 5.74) is 8.59. The number of carbonyl (C=O) groups excluding carboxylic acids is 1. The van der Waals surface area contributed by atoms with Crippen molar-refractivity contribution in [3.05, 3.63) is 88.4 Å². The van der Waals surface area contributed by atoms with E-state index in [0.717, 1.165) is 44.4 Å². The van der Waals surface area contributed by atoms with Crippen molar-refractivity contribution in [3.63, 3.8) is 0 Å². The molecule has 0 spiro atoms. The van der Waals surface area contributed by atoms with Gasteiger partial charge in [0.25, 0.3) is 0 Å². The fourth-order valence-corrected chi connectivity index (χ4v) is 4.39. The highest BCUT2D eigenvalue weighted by Crippen LogP contribution is 2.41. The first-order chi connectivity index (χ1) is 16.7. The molecule has 0 fully saturated rings. The van der Waals surface area contributed by atoms with E-state index in [1.54, 1.807) is 25.3 Å². The Kier molecular flexibility index (Phi) is 6.79. The zero-order valence-electron chi connectivity index (χ0n) is 21.0. The molecule has 1 aromatic heterocycles. The van der Waals surface area contributed by atoms with Gasteiger partial charge in [0.05, 0.1) is 12.9 Å². The number of fused-ring (bicyclic) bond motifs is 1. The van der Waals surface area contributed by atoms with Gasteiger partial charge in [-0.05, 0) is 82.0 Å². The summed E-state index contributed by atoms with van der Waals surface area (Å²) in [5, 5.41) is 3.70. The Morgan fingerprint density at radius 2 is 1.80 bits per heavy atom. The lowest BCUT2D eigenvalue weighted by atomic mass is 9.94. The molecule has 1 heterocycles. The van der Waals surface area contributed by atoms with Crippen molar-refractivity contribution in [2.45, 2.75) is 41.5 Å². The predicted octanol–water partition coefficient (Wildman–Crippen LogP) is 7.91. The van der Waals surface area contributed by atoms with Crippen LogP contribution in [0.3, 0.4) is 0 Å². The van der Waals surface area contributed by atoms with E-state index in [9.17, 15) is 9.18 Å². The number of ether oxygens (including phenoxy) is 1. The molecule has 0 bridgehead atoms. The van der Waals surface area contributed by atoms with Gasteiger partial charge in [-0.2, -0.15) is 0 Å². The van der Waals surface area contributed by atoms with Crippen LogP contribution in [0.2, 0.25) is 0 Å². The van der Waals surface area contributed by atoms with Crippen LogP contribution >= 0.6 is 0 Å². The SMILES string of the molecule is CCOc1c(/C(C)=C/C(=O)Nc2ccc(C)c(F)c2)cc2c(-c3ccc(C)cc3C)coc2c1C. The molecule has 35 heavy (non-hydrogen) atoms. The van der Waals surface area contributed by atoms with Crippen molar-refractivity contribution in [3.8, 4) is 16.9 Å². The Morgan fingerprint density at radius 1 is 1.03 bits per heavy atom. The molecule has 0 saturated carbocycles. The number of nitrogens with one attached hydrogen (secondary N) is 1. The van der Waals surface area contributed by atoms with Crippen LogP contribution in [-0.2, 0) is 4.79 Å². The van der Waals surface area contributed by atoms with Crippen molar-refractivity contribution in [1.82, 2.24) is 0 Å². The topological polar surface area (TPSA) is 51.5 Å². The van der Waals surface area contributed by atoms with Crippen LogP contribution in [0, 0.1) is 33.5 Å². The van der Waals surface area contributed by atoms with Crippen LogP contribution in [0.1, 0.15) is 41.7 Å². The second-order valence-corrected chi connectivity index (χ2v) is 8.94. The molecule has 180 valence electrons. The molecule has 3 aromatic carbocycles. The number of carbonyl (C=O) groups is 1. The van der Waals surface area contributed by atoms with Gasteiger partial charge < -0.3 is 14.5 Å². The summed E-state index contributed by atoms with van der Waals surface area (Å²) in [5.74, 6) is -0.0145. The van der Waals surface area contributed by atoms with Gasteiger partial charge >= 0.3 is 0 Å². The summed E-state index contributed by atoms with van der Waals surface area (Å²) in [6.07, 6.45) is 3.30. The molecule has 0 aliphatic heterocycles. The summed E-state index contributed by atoms with van der Waals surface area (Å²) >= 11 is 0. The Morgan fingerprint density at radius 3 is 2.49 bits per heavy atom. The van der Waals surface area contributed by atoms with Crippen molar-refractivity contribution in [2.24, 2.45) is 0 Å². The standard InChI is InChI=1S/C30H30FNO3/c1-7-34-29-21(6)30-25(26(16-35-30)23-11-8-17(2)12-19(23)4)15-24(29)20(5)13-28(33)32-22-10-9-18(3)27(31)14-22/h8-16H,7H2,1-6H3,(H,32,33)/b20-13+. The van der Waals surface area contributed by atoms with Crippen LogP contribution in [0.25, 0.3) is 27.7 Å². The highest BCUT2D eigenvalue weighted by molar-refractivity contribution is 6.06. The van der Waals surface area contributed by atoms with Crippen molar-refractivity contribution < 1.29 is 18.3 Å². The molecule has 0 aliphatic carbocycles. The van der Waals surface area contributed by atoms with Crippen LogP contribution in [0.15, 0.2) is 59.2 Å². The molecule has 0 radical (unpaired) electrons. The molecular formula is C30H30FNO3. The zero-order valence-corrected chi connectivity index (χ0v) is 21.0. The quantitative estimate of drug-likeness (QED) is 0.291. The van der Waals surface area contributed by atoms with E-state index in [1.165, 1.54) is 17.7 Å². The first-order valence-corrected chi connectivity index (χ1v) is 11.7. The van der Waals surface area contributed by atoms with Gasteiger partial charge in [-0.3, -0.25) is 4.79 Å². The summed E-state index contributed by atoms with van der Waals surface area (Å²) in [4.78, 5) is 12.8. The average Bonchev–Trinajstić information content (AvgIpc) is 3.22. The average molecular weight is 472 g/mol. The minimum Gasteiger partial charge on any atom is -0.493 e. The third kappa shape index (κ3) is 4.85. The number of hydrogen-bond donors (Lipinski definition) is 1. The fourth-order valence-electron chi connectivity index (χ4n) is 4.39. The van der Waals surface area contributed by atoms with Crippen LogP contribution in [0.5, 0.6) is 5.75 Å². The lowest BCUT2D eigenvalue weighted by molar-refractivity contribution is -0.111. The number of benzene rings is 3. The maximum Gasteiger partial charge on any atom is 0.248 e. The molecule has 5 heteroatoms. The largest absolute Gasteiger partial charge is 0.493 e. The van der Waals surface area contributed by atoms with Crippen LogP contribution in [0.4, 0.5) is 10.1 Å². The van der Waals surface area contributed by atoms with Gasteiger partial charge in [0, 0.05) is 33.8 Å². The minimum atomic E-state index is -0.359. The summed E-state index contributed by atoms with van der Waals surface area (Å²) < 4.78 is 25.9. The van der Waals surface area contributed by atoms with Crippen LogP contribution < -0.4 is 10.1 Å². The molecule has 4 aromatic rings. The normalized spacial score (nSPS) is 11.7. The van der Waals surface area contributed by atoms with E-state index in [4.69, 9.17) is 9.15 Å². The molecular weight excluding hydrogens is 441 g/mol. The van der Waals surface area contributed by atoms with Gasteiger partial charge in [0.2, 0.25) is 5.91 Å². The monoisotopic (exact) mass is 471 g/mol. The number of furan rings is 1. The number of allylic oxidation sites excluding steroid dienone is 1. The van der Waals surface area contributed by atoms with E-state index in [2.05, 4.69) is 37.4 Å². The maximum atomic E-state index is 13.9. The highest BCUT2D eigenvalue weighted by Gasteiger charge is 2.20. The number of hydrogen-bond acceptors (Lipinski definition) is 3. The molecule has 0 atom stereocenters. The summed E-state index contributed by atoms with van der Waals surface area (Å²) in [6.45, 7) is 12.1. The van der Waals surface area contributed by atoms with Crippen LogP contribution in [-0.4, -0.2) is 12.5 Å². The molecule has 4 nitrogen and oxygen atoms in total. The minimum absolute atomic E-state index is 0.340. The molecule has 4 rings (SSSR count). The van der Waals surface area contributed by atoms with Gasteiger partial charge in [0.1, 0.15) is 17.1 Å². The van der Waals surface area contributed by atoms with E-state index < -0.39 is 0 Å². The predicted molar refractivity (Wildman–Crippen MR) is 140 cm³/mol. The Bertz CT molecular complexity index is 1460. The number of aryl methyl sites for hydroxylation is 4. The lowest BCUT2D eigenvalue weighted by Gasteiger charge is -2.15. The second-order valence-electron chi connectivity index (χ2n) is 8.94. The molecule has 0 unspecified atom stereocenters. The van der Waals surface area contributed by atoms with E-state index in [1.807, 2.05) is 26.8 Å². The van der Waals surface area contributed by atoms with Crippen molar-refractivity contribution in [2.75, 3.05) is 11.9 Å². The van der Waals surface area contributed by atoms with Gasteiger partial charge in [-0.1, -0.05) is 29.8 Å². The van der Waals surface area contributed by atoms with Gasteiger partial charge in [-0.15, -0.1) is 0 Å². The van der Waals surface area contributed by atoms with Gasteiger partial charge in [-0.25, -0.2) is 4.39 Å². The number of anilines is 1. The maximum absolute atomic E-state index is 13.9. The highest BCUT2D eigenvalue weighted by atomic mass is 19.1. The second kappa shape index (κ2) is 9.79. The molecule has 1 N–H and O–H groups in total. The summed E-state index contributed by atoms with van der Waals surface area (Å²) in [6, 6.07) is 13.0. The fraction of sp³-hybridized carbons (Fsp3) is 0.233. The zero-order chi connectivity index (χ0) is 25.3. The molecule has 0 saturated heterocycles. The summed E-state index contributed by atoms with van der Waals surface area (Å²) in [7, 11) is 0. The van der Waals surface area contributed by atoms with E-state index >= 15 is 0 Å². The number of halogens is 1. The third-order valence-electron chi connectivity index (χ3n) is 6.22. The molecule has 1 amide bonds. The van der Waals surface area contributed by atoms with Crippen molar-refractivity contribution in [1.29, 1.82) is 0 Å². The first-order valence-electron chi connectivity index (χ1n) is 11.7. The van der Waals surface area contributed by atoms with Crippen molar-refractivity contribution >= 4 is 28.1 Å². The Hall–Kier alpha value is -3.86.